The van der Waals surface area contributed by atoms with Gasteiger partial charge in [0.1, 0.15) is 0 Å². The second kappa shape index (κ2) is 7.55. The van der Waals surface area contributed by atoms with Gasteiger partial charge in [-0.25, -0.2) is 18.4 Å². The van der Waals surface area contributed by atoms with E-state index in [0.29, 0.717) is 25.6 Å². The van der Waals surface area contributed by atoms with Crippen molar-refractivity contribution in [2.24, 2.45) is 0 Å². The van der Waals surface area contributed by atoms with Gasteiger partial charge in [0.15, 0.2) is 0 Å². The van der Waals surface area contributed by atoms with Gasteiger partial charge in [-0.3, -0.25) is 0 Å². The number of aromatic nitrogens is 2. The molecule has 0 bridgehead atoms. The molecule has 1 aliphatic rings. The van der Waals surface area contributed by atoms with E-state index in [2.05, 4.69) is 9.97 Å². The number of sulfonamides is 1. The van der Waals surface area contributed by atoms with E-state index in [-0.39, 0.29) is 0 Å². The van der Waals surface area contributed by atoms with Crippen molar-refractivity contribution in [3.63, 3.8) is 0 Å². The fraction of sp³-hybridized carbons (Fsp3) is 0.294. The van der Waals surface area contributed by atoms with Crippen molar-refractivity contribution in [3.8, 4) is 0 Å². The first-order valence-electron chi connectivity index (χ1n) is 7.90. The summed E-state index contributed by atoms with van der Waals surface area (Å²) in [6.07, 6.45) is 5.78. The van der Waals surface area contributed by atoms with Crippen LogP contribution in [0.15, 0.2) is 54.2 Å². The molecule has 1 aromatic carbocycles. The predicted molar refractivity (Wildman–Crippen MR) is 94.8 cm³/mol. The average Bonchev–Trinajstić information content (AvgIpc) is 2.89. The zero-order chi connectivity index (χ0) is 16.8. The summed E-state index contributed by atoms with van der Waals surface area (Å²) < 4.78 is 26.6. The Labute approximate surface area is 142 Å². The molecule has 7 heteroatoms. The Kier molecular flexibility index (Phi) is 5.22. The van der Waals surface area contributed by atoms with Gasteiger partial charge in [-0.15, -0.1) is 0 Å². The maximum Gasteiger partial charge on any atom is 0.236 e. The van der Waals surface area contributed by atoms with Crippen LogP contribution in [0.3, 0.4) is 0 Å². The molecule has 0 atom stereocenters. The van der Waals surface area contributed by atoms with Gasteiger partial charge < -0.3 is 4.90 Å². The smallest absolute Gasteiger partial charge is 0.236 e. The Balaban J connectivity index is 1.68. The molecule has 1 aliphatic heterocycles. The summed E-state index contributed by atoms with van der Waals surface area (Å²) in [7, 11) is -3.43. The van der Waals surface area contributed by atoms with Crippen LogP contribution in [0.25, 0.3) is 6.08 Å². The third kappa shape index (κ3) is 4.18. The summed E-state index contributed by atoms with van der Waals surface area (Å²) in [5.41, 5.74) is 0.871. The van der Waals surface area contributed by atoms with Gasteiger partial charge in [0.25, 0.3) is 0 Å². The topological polar surface area (TPSA) is 66.4 Å². The highest BCUT2D eigenvalue weighted by molar-refractivity contribution is 7.92. The summed E-state index contributed by atoms with van der Waals surface area (Å²) in [4.78, 5) is 10.5. The quantitative estimate of drug-likeness (QED) is 0.848. The van der Waals surface area contributed by atoms with Crippen LogP contribution in [0, 0.1) is 0 Å². The van der Waals surface area contributed by atoms with Gasteiger partial charge in [0.2, 0.25) is 16.0 Å². The van der Waals surface area contributed by atoms with E-state index >= 15 is 0 Å². The fourth-order valence-corrected chi connectivity index (χ4v) is 3.84. The lowest BCUT2D eigenvalue weighted by Gasteiger charge is -2.20. The van der Waals surface area contributed by atoms with Crippen LogP contribution in [0.4, 0.5) is 5.95 Å². The molecular weight excluding hydrogens is 324 g/mol. The monoisotopic (exact) mass is 344 g/mol. The number of nitrogens with zero attached hydrogens (tertiary/aromatic N) is 4. The second-order valence-corrected chi connectivity index (χ2v) is 7.37. The molecule has 2 aromatic rings. The minimum absolute atomic E-state index is 0.430. The van der Waals surface area contributed by atoms with E-state index in [1.807, 2.05) is 35.2 Å². The summed E-state index contributed by atoms with van der Waals surface area (Å²) in [5.74, 6) is 0.650. The SMILES string of the molecule is O=S(=O)(C=Cc1ccccc1)N1CCCN(c2ncccn2)CC1. The molecule has 0 saturated carbocycles. The van der Waals surface area contributed by atoms with Gasteiger partial charge >= 0.3 is 0 Å². The van der Waals surface area contributed by atoms with Crippen molar-refractivity contribution in [3.05, 3.63) is 59.8 Å². The lowest BCUT2D eigenvalue weighted by atomic mass is 10.2. The molecule has 1 aromatic heterocycles. The van der Waals surface area contributed by atoms with Gasteiger partial charge in [0, 0.05) is 44.0 Å². The van der Waals surface area contributed by atoms with Crippen molar-refractivity contribution in [2.45, 2.75) is 6.42 Å². The predicted octanol–water partition coefficient (Wildman–Crippen LogP) is 1.99. The fourth-order valence-electron chi connectivity index (χ4n) is 2.62. The molecule has 0 aliphatic carbocycles. The highest BCUT2D eigenvalue weighted by Gasteiger charge is 2.23. The minimum Gasteiger partial charge on any atom is -0.339 e. The highest BCUT2D eigenvalue weighted by atomic mass is 32.2. The molecular formula is C17H20N4O2S. The normalized spacial score (nSPS) is 17.1. The number of hydrogen-bond acceptors (Lipinski definition) is 5. The van der Waals surface area contributed by atoms with Crippen LogP contribution >= 0.6 is 0 Å². The number of hydrogen-bond donors (Lipinski definition) is 0. The standard InChI is InChI=1S/C17H20N4O2S/c22-24(23,15-8-16-6-2-1-3-7-16)21-12-5-11-20(13-14-21)17-18-9-4-10-19-17/h1-4,6-10,15H,5,11-14H2. The average molecular weight is 344 g/mol. The first kappa shape index (κ1) is 16.6. The van der Waals surface area contributed by atoms with Crippen LogP contribution in [0.2, 0.25) is 0 Å². The third-order valence-electron chi connectivity index (χ3n) is 3.88. The van der Waals surface area contributed by atoms with Crippen LogP contribution in [0.1, 0.15) is 12.0 Å². The number of benzene rings is 1. The molecule has 0 amide bonds. The number of rotatable bonds is 4. The van der Waals surface area contributed by atoms with E-state index in [4.69, 9.17) is 0 Å². The second-order valence-electron chi connectivity index (χ2n) is 5.55. The molecule has 0 N–H and O–H groups in total. The Morgan fingerprint density at radius 2 is 1.67 bits per heavy atom. The van der Waals surface area contributed by atoms with Crippen LogP contribution in [-0.4, -0.2) is 48.9 Å². The zero-order valence-corrected chi connectivity index (χ0v) is 14.1. The summed E-state index contributed by atoms with van der Waals surface area (Å²) in [6, 6.07) is 11.2. The molecule has 0 unspecified atom stereocenters. The van der Waals surface area contributed by atoms with E-state index < -0.39 is 10.0 Å². The first-order chi connectivity index (χ1) is 11.6. The van der Waals surface area contributed by atoms with E-state index in [1.165, 1.54) is 9.71 Å². The van der Waals surface area contributed by atoms with Crippen molar-refractivity contribution in [2.75, 3.05) is 31.1 Å². The molecule has 2 heterocycles. The molecule has 3 rings (SSSR count). The summed E-state index contributed by atoms with van der Waals surface area (Å²) in [5, 5.41) is 1.29. The van der Waals surface area contributed by atoms with Crippen LogP contribution in [-0.2, 0) is 10.0 Å². The maximum absolute atomic E-state index is 12.5. The largest absolute Gasteiger partial charge is 0.339 e. The molecule has 1 fully saturated rings. The Morgan fingerprint density at radius 1 is 0.917 bits per heavy atom. The first-order valence-corrected chi connectivity index (χ1v) is 9.41. The van der Waals surface area contributed by atoms with Gasteiger partial charge in [0.05, 0.1) is 0 Å². The van der Waals surface area contributed by atoms with Gasteiger partial charge in [-0.2, -0.15) is 4.31 Å². The lowest BCUT2D eigenvalue weighted by molar-refractivity contribution is 0.440. The zero-order valence-electron chi connectivity index (χ0n) is 13.3. The highest BCUT2D eigenvalue weighted by Crippen LogP contribution is 2.14. The Morgan fingerprint density at radius 3 is 2.42 bits per heavy atom. The van der Waals surface area contributed by atoms with E-state index in [0.717, 1.165) is 18.5 Å². The number of anilines is 1. The van der Waals surface area contributed by atoms with Crippen molar-refractivity contribution >= 4 is 22.0 Å². The Hall–Kier alpha value is -2.25. The molecule has 126 valence electrons. The third-order valence-corrected chi connectivity index (χ3v) is 5.45. The van der Waals surface area contributed by atoms with Crippen LogP contribution < -0.4 is 4.90 Å². The Bertz CT molecular complexity index is 779. The molecule has 1 saturated heterocycles. The molecule has 0 radical (unpaired) electrons. The lowest BCUT2D eigenvalue weighted by Crippen LogP contribution is -2.34. The molecule has 24 heavy (non-hydrogen) atoms. The summed E-state index contributed by atoms with van der Waals surface area (Å²) in [6.45, 7) is 2.27. The van der Waals surface area contributed by atoms with E-state index in [1.54, 1.807) is 24.5 Å². The van der Waals surface area contributed by atoms with Crippen molar-refractivity contribution in [1.29, 1.82) is 0 Å². The minimum atomic E-state index is -3.43. The van der Waals surface area contributed by atoms with Crippen molar-refractivity contribution in [1.82, 2.24) is 14.3 Å². The van der Waals surface area contributed by atoms with Gasteiger partial charge in [-0.05, 0) is 24.1 Å². The van der Waals surface area contributed by atoms with Crippen molar-refractivity contribution < 1.29 is 8.42 Å². The van der Waals surface area contributed by atoms with E-state index in [9.17, 15) is 8.42 Å². The van der Waals surface area contributed by atoms with Gasteiger partial charge in [-0.1, -0.05) is 30.3 Å². The maximum atomic E-state index is 12.5. The molecule has 6 nitrogen and oxygen atoms in total. The molecule has 0 spiro atoms. The van der Waals surface area contributed by atoms with Crippen LogP contribution in [0.5, 0.6) is 0 Å². The summed E-state index contributed by atoms with van der Waals surface area (Å²) >= 11 is 0.